The lowest BCUT2D eigenvalue weighted by Crippen LogP contribution is -2.37. The molecule has 0 aliphatic rings. The number of hydrogen-bond acceptors (Lipinski definition) is 4. The predicted molar refractivity (Wildman–Crippen MR) is 135 cm³/mol. The van der Waals surface area contributed by atoms with Crippen LogP contribution in [0.1, 0.15) is 41.6 Å². The third kappa shape index (κ3) is 4.29. The topological polar surface area (TPSA) is 64.4 Å². The Balaban J connectivity index is 1.94. The summed E-state index contributed by atoms with van der Waals surface area (Å²) in [6.07, 6.45) is 0. The van der Waals surface area contributed by atoms with E-state index >= 15 is 0 Å². The van der Waals surface area contributed by atoms with Crippen LogP contribution in [-0.2, 0) is 0 Å². The number of methoxy groups -OCH3 is 1. The van der Waals surface area contributed by atoms with Gasteiger partial charge in [0.1, 0.15) is 11.6 Å². The Bertz CT molecular complexity index is 1410. The Morgan fingerprint density at radius 2 is 1.82 bits per heavy atom. The summed E-state index contributed by atoms with van der Waals surface area (Å²) in [6, 6.07) is 19.1. The Kier molecular flexibility index (Phi) is 6.70. The lowest BCUT2D eigenvalue weighted by molar-refractivity contribution is 0.0693. The first kappa shape index (κ1) is 23.5. The molecule has 0 bridgehead atoms. The molecule has 174 valence electrons. The first-order chi connectivity index (χ1) is 16.3. The van der Waals surface area contributed by atoms with Crippen molar-refractivity contribution in [1.29, 1.82) is 0 Å². The van der Waals surface area contributed by atoms with E-state index in [1.54, 1.807) is 46.9 Å². The number of hydrogen-bond donors (Lipinski definition) is 0. The van der Waals surface area contributed by atoms with E-state index in [4.69, 9.17) is 21.3 Å². The first-order valence-electron chi connectivity index (χ1n) is 11.1. The summed E-state index contributed by atoms with van der Waals surface area (Å²) < 4.78 is 7.16. The molecule has 0 aliphatic heterocycles. The zero-order chi connectivity index (χ0) is 24.4. The maximum atomic E-state index is 13.8. The highest BCUT2D eigenvalue weighted by atomic mass is 35.5. The van der Waals surface area contributed by atoms with Gasteiger partial charge in [0.05, 0.1) is 29.7 Å². The predicted octanol–water partition coefficient (Wildman–Crippen LogP) is 5.58. The molecule has 1 aromatic heterocycles. The van der Waals surface area contributed by atoms with Gasteiger partial charge in [-0.25, -0.2) is 4.98 Å². The number of rotatable bonds is 6. The lowest BCUT2D eigenvalue weighted by Gasteiger charge is -2.30. The van der Waals surface area contributed by atoms with Crippen LogP contribution >= 0.6 is 11.6 Å². The standard InChI is InChI=1S/C27H26ClN3O3/c1-5-30(26(32)19-11-13-20(28)14-12-19)18(3)25-29-22-9-7-6-8-21(22)27(33)31(25)23-16-17(2)10-15-24(23)34-4/h6-16,18H,5H2,1-4H3. The van der Waals surface area contributed by atoms with Gasteiger partial charge < -0.3 is 9.64 Å². The molecule has 1 amide bonds. The van der Waals surface area contributed by atoms with Gasteiger partial charge in [-0.2, -0.15) is 0 Å². The van der Waals surface area contributed by atoms with E-state index in [1.807, 2.05) is 57.2 Å². The zero-order valence-electron chi connectivity index (χ0n) is 19.6. The van der Waals surface area contributed by atoms with Crippen LogP contribution in [0.3, 0.4) is 0 Å². The SMILES string of the molecule is CCN(C(=O)c1ccc(Cl)cc1)C(C)c1nc2ccccc2c(=O)n1-c1cc(C)ccc1OC. The van der Waals surface area contributed by atoms with Crippen LogP contribution < -0.4 is 10.3 Å². The fraction of sp³-hybridized carbons (Fsp3) is 0.222. The maximum Gasteiger partial charge on any atom is 0.266 e. The Morgan fingerprint density at radius 3 is 2.50 bits per heavy atom. The van der Waals surface area contributed by atoms with Gasteiger partial charge in [-0.05, 0) is 74.9 Å². The fourth-order valence-corrected chi connectivity index (χ4v) is 4.25. The summed E-state index contributed by atoms with van der Waals surface area (Å²) in [4.78, 5) is 33.8. The summed E-state index contributed by atoms with van der Waals surface area (Å²) in [6.45, 7) is 6.16. The molecule has 0 saturated heterocycles. The van der Waals surface area contributed by atoms with Crippen LogP contribution in [0, 0.1) is 6.92 Å². The largest absolute Gasteiger partial charge is 0.495 e. The Hall–Kier alpha value is -3.64. The van der Waals surface area contributed by atoms with Crippen molar-refractivity contribution in [2.24, 2.45) is 0 Å². The van der Waals surface area contributed by atoms with Crippen molar-refractivity contribution in [2.45, 2.75) is 26.8 Å². The van der Waals surface area contributed by atoms with Crippen molar-refractivity contribution >= 4 is 28.4 Å². The van der Waals surface area contributed by atoms with E-state index in [2.05, 4.69) is 0 Å². The summed E-state index contributed by atoms with van der Waals surface area (Å²) >= 11 is 6.01. The van der Waals surface area contributed by atoms with Crippen molar-refractivity contribution in [3.8, 4) is 11.4 Å². The number of ether oxygens (including phenoxy) is 1. The van der Waals surface area contributed by atoms with Gasteiger partial charge in [-0.15, -0.1) is 0 Å². The molecule has 3 aromatic carbocycles. The normalized spacial score (nSPS) is 11.9. The number of nitrogens with zero attached hydrogens (tertiary/aromatic N) is 3. The van der Waals surface area contributed by atoms with Crippen LogP contribution in [0.2, 0.25) is 5.02 Å². The van der Waals surface area contributed by atoms with Gasteiger partial charge in [-0.1, -0.05) is 29.8 Å². The highest BCUT2D eigenvalue weighted by Crippen LogP contribution is 2.29. The minimum absolute atomic E-state index is 0.170. The van der Waals surface area contributed by atoms with E-state index in [9.17, 15) is 9.59 Å². The number of halogens is 1. The molecule has 0 N–H and O–H groups in total. The maximum absolute atomic E-state index is 13.8. The molecule has 0 spiro atoms. The highest BCUT2D eigenvalue weighted by Gasteiger charge is 2.27. The molecule has 4 aromatic rings. The monoisotopic (exact) mass is 475 g/mol. The van der Waals surface area contributed by atoms with Gasteiger partial charge >= 0.3 is 0 Å². The molecule has 0 aliphatic carbocycles. The van der Waals surface area contributed by atoms with E-state index in [-0.39, 0.29) is 11.5 Å². The van der Waals surface area contributed by atoms with Gasteiger partial charge in [-0.3, -0.25) is 14.2 Å². The first-order valence-corrected chi connectivity index (χ1v) is 11.5. The number of amides is 1. The molecule has 0 radical (unpaired) electrons. The number of carbonyl (C=O) groups excluding carboxylic acids is 1. The van der Waals surface area contributed by atoms with Crippen molar-refractivity contribution in [2.75, 3.05) is 13.7 Å². The zero-order valence-corrected chi connectivity index (χ0v) is 20.3. The van der Waals surface area contributed by atoms with Crippen LogP contribution in [0.4, 0.5) is 0 Å². The average molecular weight is 476 g/mol. The summed E-state index contributed by atoms with van der Waals surface area (Å²) in [5.74, 6) is 0.832. The molecule has 6 nitrogen and oxygen atoms in total. The Labute approximate surface area is 203 Å². The number of para-hydroxylation sites is 1. The number of aryl methyl sites for hydroxylation is 1. The van der Waals surface area contributed by atoms with E-state index < -0.39 is 6.04 Å². The molecule has 7 heteroatoms. The molecule has 34 heavy (non-hydrogen) atoms. The van der Waals surface area contributed by atoms with Crippen LogP contribution in [0.25, 0.3) is 16.6 Å². The smallest absolute Gasteiger partial charge is 0.266 e. The van der Waals surface area contributed by atoms with Crippen LogP contribution in [0.15, 0.2) is 71.5 Å². The van der Waals surface area contributed by atoms with Gasteiger partial charge in [0.15, 0.2) is 0 Å². The third-order valence-electron chi connectivity index (χ3n) is 5.91. The number of benzene rings is 3. The summed E-state index contributed by atoms with van der Waals surface area (Å²) in [5, 5.41) is 1.05. The molecule has 0 fully saturated rings. The summed E-state index contributed by atoms with van der Waals surface area (Å²) in [5.41, 5.74) is 2.43. The number of carbonyl (C=O) groups is 1. The molecular formula is C27H26ClN3O3. The van der Waals surface area contributed by atoms with Crippen LogP contribution in [-0.4, -0.2) is 34.0 Å². The average Bonchev–Trinajstić information content (AvgIpc) is 2.84. The fourth-order valence-electron chi connectivity index (χ4n) is 4.13. The second kappa shape index (κ2) is 9.69. The van der Waals surface area contributed by atoms with Crippen molar-refractivity contribution in [1.82, 2.24) is 14.5 Å². The quantitative estimate of drug-likeness (QED) is 0.365. The van der Waals surface area contributed by atoms with E-state index in [0.29, 0.717) is 45.3 Å². The Morgan fingerprint density at radius 1 is 1.12 bits per heavy atom. The van der Waals surface area contributed by atoms with Crippen molar-refractivity contribution in [3.05, 3.63) is 99.1 Å². The van der Waals surface area contributed by atoms with Crippen molar-refractivity contribution < 1.29 is 9.53 Å². The van der Waals surface area contributed by atoms with E-state index in [1.165, 1.54) is 0 Å². The minimum Gasteiger partial charge on any atom is -0.495 e. The van der Waals surface area contributed by atoms with Gasteiger partial charge in [0, 0.05) is 17.1 Å². The van der Waals surface area contributed by atoms with Gasteiger partial charge in [0.25, 0.3) is 11.5 Å². The molecule has 4 rings (SSSR count). The number of fused-ring (bicyclic) bond motifs is 1. The van der Waals surface area contributed by atoms with Crippen LogP contribution in [0.5, 0.6) is 5.75 Å². The molecule has 0 saturated carbocycles. The number of aromatic nitrogens is 2. The molecule has 1 heterocycles. The molecule has 1 unspecified atom stereocenters. The highest BCUT2D eigenvalue weighted by molar-refractivity contribution is 6.30. The second-order valence-corrected chi connectivity index (χ2v) is 8.51. The minimum atomic E-state index is -0.504. The third-order valence-corrected chi connectivity index (χ3v) is 6.16. The summed E-state index contributed by atoms with van der Waals surface area (Å²) in [7, 11) is 1.57. The molecule has 1 atom stereocenters. The molecular weight excluding hydrogens is 450 g/mol. The van der Waals surface area contributed by atoms with Gasteiger partial charge in [0.2, 0.25) is 0 Å². The lowest BCUT2D eigenvalue weighted by atomic mass is 10.1. The second-order valence-electron chi connectivity index (χ2n) is 8.08. The van der Waals surface area contributed by atoms with Crippen molar-refractivity contribution in [3.63, 3.8) is 0 Å². The van der Waals surface area contributed by atoms with E-state index in [0.717, 1.165) is 5.56 Å².